The van der Waals surface area contributed by atoms with Crippen molar-refractivity contribution in [3.8, 4) is 5.75 Å². The van der Waals surface area contributed by atoms with Crippen LogP contribution >= 0.6 is 24.0 Å². The summed E-state index contributed by atoms with van der Waals surface area (Å²) in [6.45, 7) is 2.36. The Bertz CT molecular complexity index is 649. The maximum atomic E-state index is 5.37. The minimum atomic E-state index is 0. The van der Waals surface area contributed by atoms with Crippen LogP contribution < -0.4 is 20.3 Å². The average molecular weight is 454 g/mol. The van der Waals surface area contributed by atoms with Crippen LogP contribution in [0.25, 0.3) is 0 Å². The fourth-order valence-corrected chi connectivity index (χ4v) is 2.40. The molecule has 0 radical (unpaired) electrons. The molecule has 25 heavy (non-hydrogen) atoms. The van der Waals surface area contributed by atoms with Crippen molar-refractivity contribution in [2.45, 2.75) is 6.54 Å². The molecule has 2 aromatic rings. The van der Waals surface area contributed by atoms with E-state index in [2.05, 4.69) is 39.7 Å². The minimum absolute atomic E-state index is 0. The minimum Gasteiger partial charge on any atom is -0.496 e. The molecular formula is C19H27IN4O. The highest BCUT2D eigenvalue weighted by Crippen LogP contribution is 2.16. The van der Waals surface area contributed by atoms with Crippen molar-refractivity contribution < 1.29 is 4.74 Å². The van der Waals surface area contributed by atoms with Gasteiger partial charge in [-0.3, -0.25) is 4.99 Å². The molecule has 2 rings (SSSR count). The molecule has 2 N–H and O–H groups in total. The van der Waals surface area contributed by atoms with E-state index in [0.29, 0.717) is 6.54 Å². The first-order chi connectivity index (χ1) is 11.7. The highest BCUT2D eigenvalue weighted by molar-refractivity contribution is 14.0. The van der Waals surface area contributed by atoms with E-state index >= 15 is 0 Å². The Kier molecular flexibility index (Phi) is 9.76. The summed E-state index contributed by atoms with van der Waals surface area (Å²) in [5, 5.41) is 6.65. The number of hydrogen-bond donors (Lipinski definition) is 2. The van der Waals surface area contributed by atoms with Gasteiger partial charge in [0.05, 0.1) is 7.11 Å². The Morgan fingerprint density at radius 2 is 1.72 bits per heavy atom. The molecule has 0 atom stereocenters. The molecule has 0 saturated heterocycles. The number of aliphatic imine (C=N–C) groups is 1. The van der Waals surface area contributed by atoms with Crippen LogP contribution in [0.3, 0.4) is 0 Å². The van der Waals surface area contributed by atoms with Crippen molar-refractivity contribution in [1.82, 2.24) is 10.6 Å². The number of anilines is 1. The molecule has 6 heteroatoms. The number of hydrogen-bond acceptors (Lipinski definition) is 3. The summed E-state index contributed by atoms with van der Waals surface area (Å²) in [7, 11) is 5.55. The average Bonchev–Trinajstić information content (AvgIpc) is 2.65. The zero-order valence-corrected chi connectivity index (χ0v) is 17.4. The van der Waals surface area contributed by atoms with Crippen molar-refractivity contribution in [2.24, 2.45) is 4.99 Å². The van der Waals surface area contributed by atoms with Gasteiger partial charge in [0.2, 0.25) is 0 Å². The van der Waals surface area contributed by atoms with Gasteiger partial charge < -0.3 is 20.3 Å². The second kappa shape index (κ2) is 11.6. The standard InChI is InChI=1S/C19H26N4O.HI/c1-20-19(22-15-16-9-7-8-12-18(16)24-3)21-13-14-23(2)17-10-5-4-6-11-17;/h4-12H,13-15H2,1-3H3,(H2,20,21,22);1H. The summed E-state index contributed by atoms with van der Waals surface area (Å²) in [6.07, 6.45) is 0. The molecule has 0 unspecified atom stereocenters. The lowest BCUT2D eigenvalue weighted by Crippen LogP contribution is -2.40. The van der Waals surface area contributed by atoms with Crippen molar-refractivity contribution in [2.75, 3.05) is 39.2 Å². The van der Waals surface area contributed by atoms with Gasteiger partial charge in [-0.2, -0.15) is 0 Å². The molecule has 5 nitrogen and oxygen atoms in total. The number of guanidine groups is 1. The SMILES string of the molecule is CN=C(NCCN(C)c1ccccc1)NCc1ccccc1OC.I. The van der Waals surface area contributed by atoms with Crippen LogP contribution in [0.5, 0.6) is 5.75 Å². The molecule has 0 heterocycles. The zero-order valence-electron chi connectivity index (χ0n) is 15.0. The number of rotatable bonds is 7. The first-order valence-electron chi connectivity index (χ1n) is 8.07. The highest BCUT2D eigenvalue weighted by atomic mass is 127. The lowest BCUT2D eigenvalue weighted by molar-refractivity contribution is 0.409. The van der Waals surface area contributed by atoms with Crippen LogP contribution in [0.4, 0.5) is 5.69 Å². The largest absolute Gasteiger partial charge is 0.496 e. The lowest BCUT2D eigenvalue weighted by atomic mass is 10.2. The topological polar surface area (TPSA) is 48.9 Å². The van der Waals surface area contributed by atoms with E-state index in [1.54, 1.807) is 14.2 Å². The Morgan fingerprint density at radius 1 is 1.04 bits per heavy atom. The third-order valence-electron chi connectivity index (χ3n) is 3.80. The molecule has 0 spiro atoms. The number of benzene rings is 2. The van der Waals surface area contributed by atoms with E-state index in [1.807, 2.05) is 42.5 Å². The van der Waals surface area contributed by atoms with E-state index < -0.39 is 0 Å². The van der Waals surface area contributed by atoms with Crippen LogP contribution in [0, 0.1) is 0 Å². The van der Waals surface area contributed by atoms with Gasteiger partial charge in [0.1, 0.15) is 5.75 Å². The Hall–Kier alpha value is -1.96. The first-order valence-corrected chi connectivity index (χ1v) is 8.07. The van der Waals surface area contributed by atoms with E-state index in [4.69, 9.17) is 4.74 Å². The van der Waals surface area contributed by atoms with Crippen LogP contribution in [0.15, 0.2) is 59.6 Å². The molecule has 0 aromatic heterocycles. The number of para-hydroxylation sites is 2. The molecule has 0 fully saturated rings. The van der Waals surface area contributed by atoms with Crippen molar-refractivity contribution in [3.63, 3.8) is 0 Å². The van der Waals surface area contributed by atoms with Gasteiger partial charge in [0, 0.05) is 45.0 Å². The number of ether oxygens (including phenoxy) is 1. The number of likely N-dealkylation sites (N-methyl/N-ethyl adjacent to an activating group) is 1. The maximum absolute atomic E-state index is 5.37. The molecule has 2 aromatic carbocycles. The van der Waals surface area contributed by atoms with Gasteiger partial charge in [-0.15, -0.1) is 24.0 Å². The number of halogens is 1. The molecule has 0 amide bonds. The van der Waals surface area contributed by atoms with Crippen LogP contribution in [0.2, 0.25) is 0 Å². The lowest BCUT2D eigenvalue weighted by Gasteiger charge is -2.20. The van der Waals surface area contributed by atoms with Crippen molar-refractivity contribution >= 4 is 35.6 Å². The van der Waals surface area contributed by atoms with Gasteiger partial charge in [0.15, 0.2) is 5.96 Å². The summed E-state index contributed by atoms with van der Waals surface area (Å²) >= 11 is 0. The van der Waals surface area contributed by atoms with Gasteiger partial charge in [-0.05, 0) is 18.2 Å². The smallest absolute Gasteiger partial charge is 0.191 e. The summed E-state index contributed by atoms with van der Waals surface area (Å²) < 4.78 is 5.37. The maximum Gasteiger partial charge on any atom is 0.191 e. The van der Waals surface area contributed by atoms with Gasteiger partial charge in [-0.25, -0.2) is 0 Å². The summed E-state index contributed by atoms with van der Waals surface area (Å²) in [6, 6.07) is 18.3. The van der Waals surface area contributed by atoms with Gasteiger partial charge >= 0.3 is 0 Å². The van der Waals surface area contributed by atoms with E-state index in [1.165, 1.54) is 5.69 Å². The Morgan fingerprint density at radius 3 is 2.40 bits per heavy atom. The number of nitrogens with zero attached hydrogens (tertiary/aromatic N) is 2. The quantitative estimate of drug-likeness (QED) is 0.384. The molecule has 0 aliphatic heterocycles. The third-order valence-corrected chi connectivity index (χ3v) is 3.80. The summed E-state index contributed by atoms with van der Waals surface area (Å²) in [5.74, 6) is 1.66. The first kappa shape index (κ1) is 21.1. The fraction of sp³-hybridized carbons (Fsp3) is 0.316. The molecule has 0 saturated carbocycles. The zero-order chi connectivity index (χ0) is 17.2. The molecule has 0 aliphatic rings. The van der Waals surface area contributed by atoms with Gasteiger partial charge in [0.25, 0.3) is 0 Å². The van der Waals surface area contributed by atoms with E-state index in [0.717, 1.165) is 30.4 Å². The van der Waals surface area contributed by atoms with Crippen LogP contribution in [0.1, 0.15) is 5.56 Å². The fourth-order valence-electron chi connectivity index (χ4n) is 2.40. The van der Waals surface area contributed by atoms with E-state index in [-0.39, 0.29) is 24.0 Å². The second-order valence-corrected chi connectivity index (χ2v) is 5.42. The molecule has 0 aliphatic carbocycles. The number of methoxy groups -OCH3 is 1. The monoisotopic (exact) mass is 454 g/mol. The predicted octanol–water partition coefficient (Wildman–Crippen LogP) is 3.11. The summed E-state index contributed by atoms with van der Waals surface area (Å²) in [5.41, 5.74) is 2.31. The second-order valence-electron chi connectivity index (χ2n) is 5.42. The van der Waals surface area contributed by atoms with Gasteiger partial charge in [-0.1, -0.05) is 36.4 Å². The highest BCUT2D eigenvalue weighted by Gasteiger charge is 2.04. The van der Waals surface area contributed by atoms with Crippen molar-refractivity contribution in [3.05, 3.63) is 60.2 Å². The normalized spacial score (nSPS) is 10.6. The van der Waals surface area contributed by atoms with E-state index in [9.17, 15) is 0 Å². The Balaban J connectivity index is 0.00000312. The van der Waals surface area contributed by atoms with Crippen molar-refractivity contribution in [1.29, 1.82) is 0 Å². The van der Waals surface area contributed by atoms with Crippen LogP contribution in [-0.2, 0) is 6.54 Å². The third kappa shape index (κ3) is 6.81. The van der Waals surface area contributed by atoms with Crippen LogP contribution in [-0.4, -0.2) is 40.3 Å². The molecular weight excluding hydrogens is 427 g/mol. The molecule has 136 valence electrons. The Labute approximate surface area is 167 Å². The molecule has 0 bridgehead atoms. The number of nitrogens with one attached hydrogen (secondary N) is 2. The summed E-state index contributed by atoms with van der Waals surface area (Å²) in [4.78, 5) is 6.47. The predicted molar refractivity (Wildman–Crippen MR) is 116 cm³/mol.